The molecule has 1 atom stereocenters. The second-order valence-corrected chi connectivity index (χ2v) is 6.21. The number of aliphatic imine (C=N–C) groups is 1. The van der Waals surface area contributed by atoms with Gasteiger partial charge in [-0.1, -0.05) is 12.1 Å². The SMILES string of the molecule is CCNC(=NCCN(C)C(C)C)NC(C)c1ccc(C)c(F)c1. The first-order valence-corrected chi connectivity index (χ1v) is 8.36. The number of guanidine groups is 1. The number of aryl methyl sites for hydroxylation is 1. The van der Waals surface area contributed by atoms with Crippen LogP contribution in [0.3, 0.4) is 0 Å². The van der Waals surface area contributed by atoms with Crippen LogP contribution in [0, 0.1) is 12.7 Å². The van der Waals surface area contributed by atoms with Crippen molar-refractivity contribution in [2.45, 2.75) is 46.7 Å². The summed E-state index contributed by atoms with van der Waals surface area (Å²) >= 11 is 0. The molecule has 0 amide bonds. The lowest BCUT2D eigenvalue weighted by molar-refractivity contribution is 0.282. The summed E-state index contributed by atoms with van der Waals surface area (Å²) in [6.07, 6.45) is 0. The summed E-state index contributed by atoms with van der Waals surface area (Å²) in [5.41, 5.74) is 1.58. The van der Waals surface area contributed by atoms with Crippen molar-refractivity contribution >= 4 is 5.96 Å². The summed E-state index contributed by atoms with van der Waals surface area (Å²) in [6.45, 7) is 12.6. The van der Waals surface area contributed by atoms with Crippen LogP contribution in [0.25, 0.3) is 0 Å². The third-order valence-electron chi connectivity index (χ3n) is 4.00. The Bertz CT molecular complexity index is 514. The molecule has 1 aromatic carbocycles. The van der Waals surface area contributed by atoms with Gasteiger partial charge < -0.3 is 15.5 Å². The molecule has 0 spiro atoms. The van der Waals surface area contributed by atoms with Gasteiger partial charge in [-0.05, 0) is 58.9 Å². The van der Waals surface area contributed by atoms with Crippen molar-refractivity contribution in [2.75, 3.05) is 26.7 Å². The van der Waals surface area contributed by atoms with Crippen LogP contribution in [-0.4, -0.2) is 43.6 Å². The maximum absolute atomic E-state index is 13.7. The molecule has 0 radical (unpaired) electrons. The van der Waals surface area contributed by atoms with Crippen molar-refractivity contribution in [3.63, 3.8) is 0 Å². The van der Waals surface area contributed by atoms with Gasteiger partial charge in [0, 0.05) is 19.1 Å². The van der Waals surface area contributed by atoms with Crippen molar-refractivity contribution in [3.8, 4) is 0 Å². The lowest BCUT2D eigenvalue weighted by Crippen LogP contribution is -2.39. The number of benzene rings is 1. The van der Waals surface area contributed by atoms with Gasteiger partial charge in [0.2, 0.25) is 0 Å². The van der Waals surface area contributed by atoms with E-state index >= 15 is 0 Å². The molecule has 0 aliphatic carbocycles. The number of nitrogens with zero attached hydrogens (tertiary/aromatic N) is 2. The van der Waals surface area contributed by atoms with Gasteiger partial charge in [0.05, 0.1) is 12.6 Å². The number of rotatable bonds is 7. The number of likely N-dealkylation sites (N-methyl/N-ethyl adjacent to an activating group) is 1. The number of halogens is 1. The number of hydrogen-bond acceptors (Lipinski definition) is 2. The van der Waals surface area contributed by atoms with Crippen molar-refractivity contribution in [3.05, 3.63) is 35.1 Å². The van der Waals surface area contributed by atoms with Crippen molar-refractivity contribution in [1.29, 1.82) is 0 Å². The predicted molar refractivity (Wildman–Crippen MR) is 96.4 cm³/mol. The van der Waals surface area contributed by atoms with E-state index in [1.165, 1.54) is 0 Å². The minimum absolute atomic E-state index is 0.00858. The minimum Gasteiger partial charge on any atom is -0.357 e. The zero-order chi connectivity index (χ0) is 17.4. The van der Waals surface area contributed by atoms with Crippen molar-refractivity contribution in [2.24, 2.45) is 4.99 Å². The molecule has 1 unspecified atom stereocenters. The summed E-state index contributed by atoms with van der Waals surface area (Å²) in [4.78, 5) is 6.86. The highest BCUT2D eigenvalue weighted by molar-refractivity contribution is 5.80. The lowest BCUT2D eigenvalue weighted by atomic mass is 10.1. The molecule has 1 aromatic rings. The van der Waals surface area contributed by atoms with Crippen LogP contribution >= 0.6 is 0 Å². The van der Waals surface area contributed by atoms with Gasteiger partial charge >= 0.3 is 0 Å². The van der Waals surface area contributed by atoms with Crippen LogP contribution in [0.5, 0.6) is 0 Å². The third-order valence-corrected chi connectivity index (χ3v) is 4.00. The summed E-state index contributed by atoms with van der Waals surface area (Å²) in [7, 11) is 2.10. The lowest BCUT2D eigenvalue weighted by Gasteiger charge is -2.21. The first-order valence-electron chi connectivity index (χ1n) is 8.36. The second kappa shape index (κ2) is 9.50. The Hall–Kier alpha value is -1.62. The Balaban J connectivity index is 2.68. The molecule has 130 valence electrons. The largest absolute Gasteiger partial charge is 0.357 e. The molecule has 1 rings (SSSR count). The highest BCUT2D eigenvalue weighted by Gasteiger charge is 2.10. The van der Waals surface area contributed by atoms with Gasteiger partial charge in [0.15, 0.2) is 5.96 Å². The Kier molecular flexibility index (Phi) is 8.03. The zero-order valence-corrected chi connectivity index (χ0v) is 15.3. The molecule has 0 heterocycles. The van der Waals surface area contributed by atoms with E-state index in [0.717, 1.165) is 31.2 Å². The Morgan fingerprint density at radius 2 is 2.00 bits per heavy atom. The first kappa shape index (κ1) is 19.4. The summed E-state index contributed by atoms with van der Waals surface area (Å²) < 4.78 is 13.7. The van der Waals surface area contributed by atoms with Crippen molar-refractivity contribution in [1.82, 2.24) is 15.5 Å². The summed E-state index contributed by atoms with van der Waals surface area (Å²) in [5.74, 6) is 0.592. The van der Waals surface area contributed by atoms with Gasteiger partial charge in [-0.3, -0.25) is 4.99 Å². The molecule has 0 bridgehead atoms. The van der Waals surface area contributed by atoms with E-state index in [9.17, 15) is 4.39 Å². The molecule has 0 fully saturated rings. The molecular formula is C18H31FN4. The highest BCUT2D eigenvalue weighted by Crippen LogP contribution is 2.16. The molecule has 0 saturated carbocycles. The maximum Gasteiger partial charge on any atom is 0.191 e. The molecule has 4 nitrogen and oxygen atoms in total. The van der Waals surface area contributed by atoms with Gasteiger partial charge in [0.1, 0.15) is 5.82 Å². The Morgan fingerprint density at radius 3 is 2.57 bits per heavy atom. The van der Waals surface area contributed by atoms with E-state index in [0.29, 0.717) is 11.6 Å². The van der Waals surface area contributed by atoms with Crippen LogP contribution in [-0.2, 0) is 0 Å². The Labute approximate surface area is 140 Å². The van der Waals surface area contributed by atoms with Crippen LogP contribution in [0.4, 0.5) is 4.39 Å². The summed E-state index contributed by atoms with van der Waals surface area (Å²) in [6, 6.07) is 5.85. The van der Waals surface area contributed by atoms with Crippen LogP contribution in [0.1, 0.15) is 44.9 Å². The quantitative estimate of drug-likeness (QED) is 0.598. The fourth-order valence-electron chi connectivity index (χ4n) is 2.06. The molecule has 0 aromatic heterocycles. The zero-order valence-electron chi connectivity index (χ0n) is 15.3. The fourth-order valence-corrected chi connectivity index (χ4v) is 2.06. The van der Waals surface area contributed by atoms with E-state index in [-0.39, 0.29) is 11.9 Å². The maximum atomic E-state index is 13.7. The normalized spacial score (nSPS) is 13.5. The molecule has 2 N–H and O–H groups in total. The molecule has 0 saturated heterocycles. The van der Waals surface area contributed by atoms with Crippen LogP contribution < -0.4 is 10.6 Å². The molecule has 0 aliphatic rings. The summed E-state index contributed by atoms with van der Waals surface area (Å²) in [5, 5.41) is 6.58. The van der Waals surface area contributed by atoms with Crippen LogP contribution in [0.2, 0.25) is 0 Å². The Morgan fingerprint density at radius 1 is 1.30 bits per heavy atom. The van der Waals surface area contributed by atoms with Gasteiger partial charge in [-0.25, -0.2) is 4.39 Å². The highest BCUT2D eigenvalue weighted by atomic mass is 19.1. The molecule has 23 heavy (non-hydrogen) atoms. The van der Waals surface area contributed by atoms with E-state index in [1.54, 1.807) is 13.0 Å². The van der Waals surface area contributed by atoms with Crippen LogP contribution in [0.15, 0.2) is 23.2 Å². The van der Waals surface area contributed by atoms with E-state index in [1.807, 2.05) is 26.0 Å². The van der Waals surface area contributed by atoms with Crippen molar-refractivity contribution < 1.29 is 4.39 Å². The standard InChI is InChI=1S/C18H31FN4/c1-7-20-18(21-10-11-23(6)13(2)3)22-15(5)16-9-8-14(4)17(19)12-16/h8-9,12-13,15H,7,10-11H2,1-6H3,(H2,20,21,22). The minimum atomic E-state index is -0.170. The van der Waals surface area contributed by atoms with E-state index < -0.39 is 0 Å². The van der Waals surface area contributed by atoms with E-state index in [2.05, 4.69) is 41.4 Å². The monoisotopic (exact) mass is 322 g/mol. The molecule has 0 aliphatic heterocycles. The third kappa shape index (κ3) is 6.57. The number of hydrogen-bond donors (Lipinski definition) is 2. The second-order valence-electron chi connectivity index (χ2n) is 6.21. The topological polar surface area (TPSA) is 39.7 Å². The van der Waals surface area contributed by atoms with Gasteiger partial charge in [0.25, 0.3) is 0 Å². The van der Waals surface area contributed by atoms with Gasteiger partial charge in [-0.2, -0.15) is 0 Å². The molecular weight excluding hydrogens is 291 g/mol. The average Bonchev–Trinajstić information content (AvgIpc) is 2.49. The molecule has 5 heteroatoms. The average molecular weight is 322 g/mol. The fraction of sp³-hybridized carbons (Fsp3) is 0.611. The predicted octanol–water partition coefficient (Wildman–Crippen LogP) is 3.09. The van der Waals surface area contributed by atoms with E-state index in [4.69, 9.17) is 0 Å². The number of nitrogens with one attached hydrogen (secondary N) is 2. The smallest absolute Gasteiger partial charge is 0.191 e. The van der Waals surface area contributed by atoms with Gasteiger partial charge in [-0.15, -0.1) is 0 Å². The first-order chi connectivity index (χ1) is 10.8.